The van der Waals surface area contributed by atoms with Crippen LogP contribution in [0.2, 0.25) is 0 Å². The van der Waals surface area contributed by atoms with Crippen LogP contribution in [0.3, 0.4) is 0 Å². The monoisotopic (exact) mass is 344 g/mol. The number of amides is 1. The Labute approximate surface area is 147 Å². The minimum atomic E-state index is -0.0836. The normalized spacial score (nSPS) is 17.3. The van der Waals surface area contributed by atoms with Crippen LogP contribution in [-0.4, -0.2) is 59.0 Å². The first-order valence-electron chi connectivity index (χ1n) is 8.54. The molecule has 1 unspecified atom stereocenters. The predicted molar refractivity (Wildman–Crippen MR) is 92.4 cm³/mol. The second kappa shape index (κ2) is 7.65. The van der Waals surface area contributed by atoms with Gasteiger partial charge in [-0.1, -0.05) is 6.92 Å². The molecule has 7 nitrogen and oxygen atoms in total. The first-order valence-corrected chi connectivity index (χ1v) is 8.54. The molecule has 1 aliphatic rings. The number of nitrogens with zero attached hydrogens (tertiary/aromatic N) is 4. The molecular formula is C18H24N4O3. The zero-order valence-electron chi connectivity index (χ0n) is 14.9. The maximum absolute atomic E-state index is 12.6. The fraction of sp³-hybridized carbons (Fsp3) is 0.500. The van der Waals surface area contributed by atoms with Crippen LogP contribution in [0.15, 0.2) is 29.1 Å². The van der Waals surface area contributed by atoms with Gasteiger partial charge in [-0.25, -0.2) is 4.98 Å². The van der Waals surface area contributed by atoms with E-state index in [1.807, 2.05) is 33.2 Å². The average molecular weight is 344 g/mol. The van der Waals surface area contributed by atoms with Crippen molar-refractivity contribution in [2.75, 3.05) is 27.2 Å². The number of ether oxygens (including phenoxy) is 1. The van der Waals surface area contributed by atoms with E-state index in [4.69, 9.17) is 9.15 Å². The van der Waals surface area contributed by atoms with Gasteiger partial charge < -0.3 is 19.0 Å². The van der Waals surface area contributed by atoms with Crippen molar-refractivity contribution in [2.24, 2.45) is 0 Å². The average Bonchev–Trinajstić information content (AvgIpc) is 3.22. The van der Waals surface area contributed by atoms with E-state index < -0.39 is 0 Å². The van der Waals surface area contributed by atoms with Crippen molar-refractivity contribution in [1.82, 2.24) is 19.8 Å². The van der Waals surface area contributed by atoms with Gasteiger partial charge in [0.2, 0.25) is 0 Å². The molecule has 2 aromatic heterocycles. The number of likely N-dealkylation sites (tertiary alicyclic amines) is 1. The third-order valence-electron chi connectivity index (χ3n) is 4.17. The number of pyridine rings is 1. The van der Waals surface area contributed by atoms with Gasteiger partial charge in [0, 0.05) is 38.2 Å². The SMILES string of the molecule is CCc1ocnc1C(=O)N1CCC(Oc2ccnc(CN(C)C)c2)C1. The minimum Gasteiger partial charge on any atom is -0.488 e. The van der Waals surface area contributed by atoms with Crippen molar-refractivity contribution in [2.45, 2.75) is 32.4 Å². The van der Waals surface area contributed by atoms with Gasteiger partial charge >= 0.3 is 0 Å². The Hall–Kier alpha value is -2.41. The summed E-state index contributed by atoms with van der Waals surface area (Å²) in [6.45, 7) is 3.93. The van der Waals surface area contributed by atoms with Crippen molar-refractivity contribution >= 4 is 5.91 Å². The van der Waals surface area contributed by atoms with Crippen LogP contribution < -0.4 is 4.74 Å². The first kappa shape index (κ1) is 17.4. The highest BCUT2D eigenvalue weighted by molar-refractivity contribution is 5.93. The summed E-state index contributed by atoms with van der Waals surface area (Å²) in [5.74, 6) is 1.35. The highest BCUT2D eigenvalue weighted by Gasteiger charge is 2.30. The maximum Gasteiger partial charge on any atom is 0.276 e. The number of carbonyl (C=O) groups is 1. The number of rotatable bonds is 6. The molecule has 1 saturated heterocycles. The largest absolute Gasteiger partial charge is 0.488 e. The Balaban J connectivity index is 1.61. The molecule has 0 bridgehead atoms. The summed E-state index contributed by atoms with van der Waals surface area (Å²) in [6, 6.07) is 3.81. The van der Waals surface area contributed by atoms with Gasteiger partial charge in [0.05, 0.1) is 12.2 Å². The Bertz CT molecular complexity index is 729. The molecule has 3 heterocycles. The molecule has 2 aromatic rings. The van der Waals surface area contributed by atoms with E-state index in [-0.39, 0.29) is 12.0 Å². The molecule has 1 atom stereocenters. The van der Waals surface area contributed by atoms with Gasteiger partial charge in [0.15, 0.2) is 12.1 Å². The highest BCUT2D eigenvalue weighted by Crippen LogP contribution is 2.21. The summed E-state index contributed by atoms with van der Waals surface area (Å²) in [6.07, 6.45) is 4.53. The number of oxazole rings is 1. The van der Waals surface area contributed by atoms with Gasteiger partial charge in [-0.2, -0.15) is 0 Å². The van der Waals surface area contributed by atoms with Crippen LogP contribution in [0.4, 0.5) is 0 Å². The number of hydrogen-bond acceptors (Lipinski definition) is 6. The standard InChI is InChI=1S/C18H24N4O3/c1-4-16-17(20-12-24-16)18(23)22-8-6-15(11-22)25-14-5-7-19-13(9-14)10-21(2)3/h5,7,9,12,15H,4,6,8,10-11H2,1-3H3. The fourth-order valence-electron chi connectivity index (χ4n) is 2.99. The van der Waals surface area contributed by atoms with E-state index in [1.165, 1.54) is 6.39 Å². The predicted octanol–water partition coefficient (Wildman–Crippen LogP) is 1.99. The fourth-order valence-corrected chi connectivity index (χ4v) is 2.99. The summed E-state index contributed by atoms with van der Waals surface area (Å²) in [5, 5.41) is 0. The van der Waals surface area contributed by atoms with Crippen LogP contribution in [0.25, 0.3) is 0 Å². The highest BCUT2D eigenvalue weighted by atomic mass is 16.5. The van der Waals surface area contributed by atoms with E-state index in [0.29, 0.717) is 31.0 Å². The molecule has 1 amide bonds. The number of aromatic nitrogens is 2. The second-order valence-electron chi connectivity index (χ2n) is 6.48. The molecule has 0 spiro atoms. The summed E-state index contributed by atoms with van der Waals surface area (Å²) in [5.41, 5.74) is 1.38. The molecule has 0 aromatic carbocycles. The third kappa shape index (κ3) is 4.17. The minimum absolute atomic E-state index is 0.0180. The molecule has 0 aliphatic carbocycles. The van der Waals surface area contributed by atoms with Crippen molar-refractivity contribution in [3.8, 4) is 5.75 Å². The molecule has 3 rings (SSSR count). The first-order chi connectivity index (χ1) is 12.1. The summed E-state index contributed by atoms with van der Waals surface area (Å²) in [7, 11) is 4.01. The number of carbonyl (C=O) groups excluding carboxylic acids is 1. The second-order valence-corrected chi connectivity index (χ2v) is 6.48. The van der Waals surface area contributed by atoms with E-state index in [9.17, 15) is 4.79 Å². The Kier molecular flexibility index (Phi) is 5.33. The zero-order valence-corrected chi connectivity index (χ0v) is 14.9. The molecule has 25 heavy (non-hydrogen) atoms. The lowest BCUT2D eigenvalue weighted by Gasteiger charge is -2.17. The molecule has 1 fully saturated rings. The van der Waals surface area contributed by atoms with E-state index in [2.05, 4.69) is 14.9 Å². The third-order valence-corrected chi connectivity index (χ3v) is 4.17. The van der Waals surface area contributed by atoms with Crippen molar-refractivity contribution < 1.29 is 13.9 Å². The Morgan fingerprint density at radius 3 is 3.04 bits per heavy atom. The summed E-state index contributed by atoms with van der Waals surface area (Å²) in [4.78, 5) is 24.8. The maximum atomic E-state index is 12.6. The Morgan fingerprint density at radius 1 is 1.44 bits per heavy atom. The quantitative estimate of drug-likeness (QED) is 0.798. The lowest BCUT2D eigenvalue weighted by molar-refractivity contribution is 0.0765. The lowest BCUT2D eigenvalue weighted by atomic mass is 10.2. The van der Waals surface area contributed by atoms with Crippen LogP contribution in [0.5, 0.6) is 5.75 Å². The summed E-state index contributed by atoms with van der Waals surface area (Å²) < 4.78 is 11.3. The smallest absolute Gasteiger partial charge is 0.276 e. The molecule has 7 heteroatoms. The summed E-state index contributed by atoms with van der Waals surface area (Å²) >= 11 is 0. The zero-order chi connectivity index (χ0) is 17.8. The topological polar surface area (TPSA) is 71.7 Å². The van der Waals surface area contributed by atoms with Gasteiger partial charge in [0.1, 0.15) is 17.6 Å². The van der Waals surface area contributed by atoms with E-state index in [0.717, 1.165) is 24.4 Å². The molecular weight excluding hydrogens is 320 g/mol. The number of hydrogen-bond donors (Lipinski definition) is 0. The molecule has 0 N–H and O–H groups in total. The van der Waals surface area contributed by atoms with Crippen LogP contribution in [0, 0.1) is 0 Å². The molecule has 0 saturated carbocycles. The molecule has 134 valence electrons. The van der Waals surface area contributed by atoms with Crippen LogP contribution >= 0.6 is 0 Å². The van der Waals surface area contributed by atoms with Crippen LogP contribution in [-0.2, 0) is 13.0 Å². The van der Waals surface area contributed by atoms with Gasteiger partial charge in [-0.15, -0.1) is 0 Å². The van der Waals surface area contributed by atoms with Gasteiger partial charge in [-0.05, 0) is 20.2 Å². The van der Waals surface area contributed by atoms with Crippen molar-refractivity contribution in [3.05, 3.63) is 41.9 Å². The van der Waals surface area contributed by atoms with E-state index in [1.54, 1.807) is 11.1 Å². The van der Waals surface area contributed by atoms with E-state index >= 15 is 0 Å². The lowest BCUT2D eigenvalue weighted by Crippen LogP contribution is -2.31. The Morgan fingerprint density at radius 2 is 2.28 bits per heavy atom. The van der Waals surface area contributed by atoms with Crippen molar-refractivity contribution in [3.63, 3.8) is 0 Å². The molecule has 1 aliphatic heterocycles. The molecule has 0 radical (unpaired) electrons. The van der Waals surface area contributed by atoms with Crippen molar-refractivity contribution in [1.29, 1.82) is 0 Å². The van der Waals surface area contributed by atoms with Crippen LogP contribution in [0.1, 0.15) is 35.3 Å². The van der Waals surface area contributed by atoms with Gasteiger partial charge in [-0.3, -0.25) is 9.78 Å². The number of aryl methyl sites for hydroxylation is 1. The van der Waals surface area contributed by atoms with Gasteiger partial charge in [0.25, 0.3) is 5.91 Å².